The number of nitrogens with one attached hydrogen (secondary N) is 1. The van der Waals surface area contributed by atoms with E-state index in [1.54, 1.807) is 28.8 Å². The first-order valence-electron chi connectivity index (χ1n) is 8.49. The van der Waals surface area contributed by atoms with Gasteiger partial charge in [0, 0.05) is 22.7 Å². The molecule has 2 aromatic heterocycles. The van der Waals surface area contributed by atoms with Crippen molar-refractivity contribution in [3.8, 4) is 0 Å². The van der Waals surface area contributed by atoms with E-state index in [1.807, 2.05) is 13.8 Å². The SMILES string of the molecule is Cc1nc2ncnn2c(C)c1CCC(=O)Nc1ccccc1SCC(F)(F)F. The Kier molecular flexibility index (Phi) is 5.87. The van der Waals surface area contributed by atoms with Crippen LogP contribution in [0.3, 0.4) is 0 Å². The second-order valence-corrected chi connectivity index (χ2v) is 7.20. The summed E-state index contributed by atoms with van der Waals surface area (Å²) in [7, 11) is 0. The van der Waals surface area contributed by atoms with Crippen LogP contribution in [-0.4, -0.2) is 37.4 Å². The third-order valence-corrected chi connectivity index (χ3v) is 5.28. The number of rotatable bonds is 6. The van der Waals surface area contributed by atoms with Gasteiger partial charge in [-0.25, -0.2) is 9.50 Å². The van der Waals surface area contributed by atoms with E-state index in [1.165, 1.54) is 6.33 Å². The number of hydrogen-bond acceptors (Lipinski definition) is 5. The molecule has 1 amide bonds. The molecule has 0 spiro atoms. The molecule has 0 unspecified atom stereocenters. The number of halogens is 3. The minimum atomic E-state index is -4.27. The molecule has 10 heteroatoms. The fraction of sp³-hybridized carbons (Fsp3) is 0.333. The molecule has 0 bridgehead atoms. The van der Waals surface area contributed by atoms with E-state index in [-0.39, 0.29) is 12.3 Å². The molecule has 2 heterocycles. The summed E-state index contributed by atoms with van der Waals surface area (Å²) in [6, 6.07) is 6.46. The van der Waals surface area contributed by atoms with Crippen LogP contribution in [0.25, 0.3) is 5.78 Å². The van der Waals surface area contributed by atoms with Crippen LogP contribution in [0.15, 0.2) is 35.5 Å². The molecule has 0 atom stereocenters. The topological polar surface area (TPSA) is 72.2 Å². The van der Waals surface area contributed by atoms with Crippen LogP contribution >= 0.6 is 11.8 Å². The largest absolute Gasteiger partial charge is 0.398 e. The van der Waals surface area contributed by atoms with Crippen LogP contribution in [0.5, 0.6) is 0 Å². The molecule has 3 aromatic rings. The first-order valence-corrected chi connectivity index (χ1v) is 9.47. The summed E-state index contributed by atoms with van der Waals surface area (Å²) in [5.74, 6) is -0.793. The maximum Gasteiger partial charge on any atom is 0.398 e. The number of fused-ring (bicyclic) bond motifs is 1. The molecule has 3 rings (SSSR count). The van der Waals surface area contributed by atoms with E-state index in [0.717, 1.165) is 17.0 Å². The number of aryl methyl sites for hydroxylation is 2. The number of nitrogens with zero attached hydrogens (tertiary/aromatic N) is 4. The number of aromatic nitrogens is 4. The van der Waals surface area contributed by atoms with Crippen molar-refractivity contribution in [2.75, 3.05) is 11.1 Å². The molecule has 0 saturated heterocycles. The van der Waals surface area contributed by atoms with Gasteiger partial charge in [-0.1, -0.05) is 12.1 Å². The van der Waals surface area contributed by atoms with Crippen molar-refractivity contribution in [3.05, 3.63) is 47.5 Å². The average Bonchev–Trinajstić information content (AvgIpc) is 3.08. The lowest BCUT2D eigenvalue weighted by Crippen LogP contribution is -2.15. The van der Waals surface area contributed by atoms with Gasteiger partial charge in [0.1, 0.15) is 6.33 Å². The van der Waals surface area contributed by atoms with Crippen LogP contribution in [0.1, 0.15) is 23.4 Å². The molecule has 148 valence electrons. The number of alkyl halides is 3. The molecule has 0 aliphatic heterocycles. The minimum absolute atomic E-state index is 0.168. The lowest BCUT2D eigenvalue weighted by Gasteiger charge is -2.13. The maximum atomic E-state index is 12.5. The van der Waals surface area contributed by atoms with E-state index < -0.39 is 11.9 Å². The van der Waals surface area contributed by atoms with Crippen molar-refractivity contribution in [1.82, 2.24) is 19.6 Å². The highest BCUT2D eigenvalue weighted by molar-refractivity contribution is 7.99. The van der Waals surface area contributed by atoms with Crippen LogP contribution in [0, 0.1) is 13.8 Å². The van der Waals surface area contributed by atoms with Crippen LogP contribution in [-0.2, 0) is 11.2 Å². The Morgan fingerprint density at radius 1 is 1.25 bits per heavy atom. The van der Waals surface area contributed by atoms with E-state index in [0.29, 0.717) is 34.5 Å². The highest BCUT2D eigenvalue weighted by atomic mass is 32.2. The predicted molar refractivity (Wildman–Crippen MR) is 100 cm³/mol. The number of thioether (sulfide) groups is 1. The zero-order valence-electron chi connectivity index (χ0n) is 15.2. The number of carbonyl (C=O) groups is 1. The summed E-state index contributed by atoms with van der Waals surface area (Å²) < 4.78 is 39.1. The van der Waals surface area contributed by atoms with Gasteiger partial charge in [0.2, 0.25) is 5.91 Å². The third kappa shape index (κ3) is 4.80. The average molecular weight is 409 g/mol. The van der Waals surface area contributed by atoms with Gasteiger partial charge in [0.25, 0.3) is 5.78 Å². The Labute approximate surface area is 163 Å². The fourth-order valence-corrected chi connectivity index (χ4v) is 3.59. The summed E-state index contributed by atoms with van der Waals surface area (Å²) >= 11 is 0.649. The van der Waals surface area contributed by atoms with Gasteiger partial charge in [-0.15, -0.1) is 11.8 Å². The number of amides is 1. The van der Waals surface area contributed by atoms with Crippen LogP contribution < -0.4 is 5.32 Å². The molecule has 28 heavy (non-hydrogen) atoms. The number of carbonyl (C=O) groups excluding carboxylic acids is 1. The first kappa shape index (κ1) is 20.1. The minimum Gasteiger partial charge on any atom is -0.325 e. The number of para-hydroxylation sites is 1. The first-order chi connectivity index (χ1) is 13.2. The Hall–Kier alpha value is -2.62. The van der Waals surface area contributed by atoms with Crippen molar-refractivity contribution >= 4 is 29.1 Å². The van der Waals surface area contributed by atoms with Crippen molar-refractivity contribution in [2.24, 2.45) is 0 Å². The standard InChI is InChI=1S/C18H18F3N5OS/c1-11-13(12(2)26-17(24-11)22-10-23-26)7-8-16(27)25-14-5-3-4-6-15(14)28-9-18(19,20)21/h3-6,10H,7-9H2,1-2H3,(H,25,27). The predicted octanol–water partition coefficient (Wildman–Crippen LogP) is 3.97. The van der Waals surface area contributed by atoms with E-state index in [9.17, 15) is 18.0 Å². The molecular formula is C18H18F3N5OS. The van der Waals surface area contributed by atoms with Crippen molar-refractivity contribution in [1.29, 1.82) is 0 Å². The van der Waals surface area contributed by atoms with Crippen LogP contribution in [0.2, 0.25) is 0 Å². The molecule has 0 saturated carbocycles. The van der Waals surface area contributed by atoms with E-state index >= 15 is 0 Å². The third-order valence-electron chi connectivity index (χ3n) is 4.14. The van der Waals surface area contributed by atoms with Crippen molar-refractivity contribution in [3.63, 3.8) is 0 Å². The zero-order chi connectivity index (χ0) is 20.3. The second-order valence-electron chi connectivity index (χ2n) is 6.18. The molecule has 0 fully saturated rings. The normalized spacial score (nSPS) is 11.8. The number of anilines is 1. The maximum absolute atomic E-state index is 12.5. The van der Waals surface area contributed by atoms with Gasteiger partial charge in [0.05, 0.1) is 11.4 Å². The van der Waals surface area contributed by atoms with E-state index in [4.69, 9.17) is 0 Å². The lowest BCUT2D eigenvalue weighted by molar-refractivity contribution is -0.116. The molecule has 1 N–H and O–H groups in total. The quantitative estimate of drug-likeness (QED) is 0.624. The summed E-state index contributed by atoms with van der Waals surface area (Å²) in [5, 5.41) is 6.82. The van der Waals surface area contributed by atoms with Crippen molar-refractivity contribution in [2.45, 2.75) is 37.8 Å². The van der Waals surface area contributed by atoms with Gasteiger partial charge in [0.15, 0.2) is 0 Å². The molecule has 0 aliphatic carbocycles. The highest BCUT2D eigenvalue weighted by Crippen LogP contribution is 2.32. The smallest absolute Gasteiger partial charge is 0.325 e. The Morgan fingerprint density at radius 3 is 2.75 bits per heavy atom. The summed E-state index contributed by atoms with van der Waals surface area (Å²) in [5.41, 5.74) is 2.90. The number of hydrogen-bond donors (Lipinski definition) is 1. The monoisotopic (exact) mass is 409 g/mol. The Balaban J connectivity index is 1.67. The van der Waals surface area contributed by atoms with Gasteiger partial charge >= 0.3 is 6.18 Å². The van der Waals surface area contributed by atoms with Gasteiger partial charge in [-0.2, -0.15) is 23.3 Å². The Bertz CT molecular complexity index is 1000. The summed E-state index contributed by atoms with van der Waals surface area (Å²) in [6.45, 7) is 3.73. The lowest BCUT2D eigenvalue weighted by atomic mass is 10.1. The van der Waals surface area contributed by atoms with Gasteiger partial charge in [-0.05, 0) is 38.0 Å². The summed E-state index contributed by atoms with van der Waals surface area (Å²) in [4.78, 5) is 21.2. The van der Waals surface area contributed by atoms with Gasteiger partial charge < -0.3 is 5.32 Å². The number of benzene rings is 1. The van der Waals surface area contributed by atoms with Gasteiger partial charge in [-0.3, -0.25) is 4.79 Å². The highest BCUT2D eigenvalue weighted by Gasteiger charge is 2.27. The fourth-order valence-electron chi connectivity index (χ4n) is 2.82. The van der Waals surface area contributed by atoms with Crippen molar-refractivity contribution < 1.29 is 18.0 Å². The van der Waals surface area contributed by atoms with Crippen LogP contribution in [0.4, 0.5) is 18.9 Å². The van der Waals surface area contributed by atoms with E-state index in [2.05, 4.69) is 20.4 Å². The molecule has 6 nitrogen and oxygen atoms in total. The molecular weight excluding hydrogens is 391 g/mol. The Morgan fingerprint density at radius 2 is 2.00 bits per heavy atom. The summed E-state index contributed by atoms with van der Waals surface area (Å²) in [6.07, 6.45) is -2.25. The molecule has 0 aliphatic rings. The zero-order valence-corrected chi connectivity index (χ0v) is 16.1. The second kappa shape index (κ2) is 8.17. The molecule has 1 aromatic carbocycles. The molecule has 0 radical (unpaired) electrons.